The molecular formula is C24H34N8OS. The van der Waals surface area contributed by atoms with Crippen molar-refractivity contribution < 1.29 is 4.79 Å². The van der Waals surface area contributed by atoms with E-state index in [1.807, 2.05) is 37.3 Å². The summed E-state index contributed by atoms with van der Waals surface area (Å²) in [4.78, 5) is 31.1. The van der Waals surface area contributed by atoms with Gasteiger partial charge in [0.1, 0.15) is 11.7 Å². The number of hydrogen-bond donors (Lipinski definition) is 3. The van der Waals surface area contributed by atoms with Gasteiger partial charge < -0.3 is 26.6 Å². The van der Waals surface area contributed by atoms with E-state index in [1.165, 1.54) is 11.8 Å². The number of allylic oxidation sites excluding steroid dienone is 1. The number of likely N-dealkylation sites (N-methyl/N-ethyl adjacent to an activating group) is 1. The summed E-state index contributed by atoms with van der Waals surface area (Å²) >= 11 is 1.44. The highest BCUT2D eigenvalue weighted by atomic mass is 32.2. The first-order valence-corrected chi connectivity index (χ1v) is 12.3. The second kappa shape index (κ2) is 11.8. The molecular weight excluding hydrogens is 448 g/mol. The van der Waals surface area contributed by atoms with E-state index in [-0.39, 0.29) is 5.91 Å². The molecule has 182 valence electrons. The van der Waals surface area contributed by atoms with Crippen molar-refractivity contribution in [3.63, 3.8) is 0 Å². The van der Waals surface area contributed by atoms with E-state index in [9.17, 15) is 4.79 Å². The average molecular weight is 483 g/mol. The molecule has 1 atom stereocenters. The summed E-state index contributed by atoms with van der Waals surface area (Å²) < 4.78 is 0. The average Bonchev–Trinajstić information content (AvgIpc) is 3.29. The zero-order chi connectivity index (χ0) is 24.7. The van der Waals surface area contributed by atoms with Crippen molar-refractivity contribution in [2.45, 2.75) is 49.7 Å². The summed E-state index contributed by atoms with van der Waals surface area (Å²) in [5, 5.41) is 3.43. The smallest absolute Gasteiger partial charge is 0.224 e. The summed E-state index contributed by atoms with van der Waals surface area (Å²) in [7, 11) is 2.15. The van der Waals surface area contributed by atoms with E-state index in [4.69, 9.17) is 16.5 Å². The molecule has 1 aliphatic heterocycles. The minimum atomic E-state index is -0.0177. The lowest BCUT2D eigenvalue weighted by Gasteiger charge is -2.23. The van der Waals surface area contributed by atoms with Crippen LogP contribution in [0.3, 0.4) is 0 Å². The van der Waals surface area contributed by atoms with Gasteiger partial charge in [-0.15, -0.1) is 0 Å². The number of aliphatic imine (C=N–C) groups is 1. The van der Waals surface area contributed by atoms with Crippen molar-refractivity contribution in [1.29, 1.82) is 0 Å². The fourth-order valence-corrected chi connectivity index (χ4v) is 4.35. The molecule has 5 N–H and O–H groups in total. The Morgan fingerprint density at radius 3 is 2.68 bits per heavy atom. The minimum Gasteiger partial charge on any atom is -0.402 e. The van der Waals surface area contributed by atoms with Crippen molar-refractivity contribution in [3.8, 4) is 0 Å². The van der Waals surface area contributed by atoms with Gasteiger partial charge in [0, 0.05) is 47.9 Å². The van der Waals surface area contributed by atoms with Gasteiger partial charge in [-0.2, -0.15) is 0 Å². The lowest BCUT2D eigenvalue weighted by Crippen LogP contribution is -2.34. The highest BCUT2D eigenvalue weighted by molar-refractivity contribution is 7.99. The molecule has 0 aliphatic carbocycles. The second-order valence-electron chi connectivity index (χ2n) is 8.28. The molecule has 34 heavy (non-hydrogen) atoms. The van der Waals surface area contributed by atoms with Crippen LogP contribution in [-0.4, -0.2) is 59.3 Å². The number of rotatable bonds is 9. The normalized spacial score (nSPS) is 16.9. The van der Waals surface area contributed by atoms with Gasteiger partial charge in [0.15, 0.2) is 11.0 Å². The predicted octanol–water partition coefficient (Wildman–Crippen LogP) is 3.36. The number of carbonyl (C=O) groups excluding carboxylic acids is 1. The standard InChI is InChI=1S/C24H34N8OS/c1-5-23(33)27-17-7-9-19(10-8-17)34-24-29-21(28-20(26)13-16(3)25)14-22(30-24)32-12-11-18(15-32)31(4)6-2/h7-10,13-14,18H,5-6,11-12,15,25H2,1-4H3,(H,27,33)(H2,26,28,29,30)/t18-/m0/s1. The fourth-order valence-electron chi connectivity index (χ4n) is 3.59. The zero-order valence-corrected chi connectivity index (χ0v) is 21.1. The number of nitrogens with one attached hydrogen (secondary N) is 1. The Labute approximate surface area is 205 Å². The molecule has 0 radical (unpaired) electrons. The molecule has 9 nitrogen and oxygen atoms in total. The number of anilines is 2. The molecule has 0 spiro atoms. The molecule has 1 aromatic heterocycles. The molecule has 0 bridgehead atoms. The SMILES string of the molecule is CCC(=O)Nc1ccc(Sc2nc(N=C(N)C=C(C)N)cc(N3CC[C@H](N(C)CC)C3)n2)cc1. The molecule has 3 rings (SSSR count). The van der Waals surface area contributed by atoms with E-state index in [0.29, 0.717) is 35.0 Å². The maximum absolute atomic E-state index is 11.6. The van der Waals surface area contributed by atoms with Gasteiger partial charge in [0.25, 0.3) is 0 Å². The van der Waals surface area contributed by atoms with Crippen LogP contribution >= 0.6 is 11.8 Å². The topological polar surface area (TPSA) is 126 Å². The fraction of sp³-hybridized carbons (Fsp3) is 0.417. The lowest BCUT2D eigenvalue weighted by molar-refractivity contribution is -0.115. The maximum atomic E-state index is 11.6. The molecule has 10 heteroatoms. The Morgan fingerprint density at radius 2 is 2.03 bits per heavy atom. The Kier molecular flexibility index (Phi) is 8.89. The number of nitrogens with zero attached hydrogens (tertiary/aromatic N) is 5. The largest absolute Gasteiger partial charge is 0.402 e. The van der Waals surface area contributed by atoms with Gasteiger partial charge >= 0.3 is 0 Å². The number of aromatic nitrogens is 2. The Hall–Kier alpha value is -3.11. The third-order valence-electron chi connectivity index (χ3n) is 5.58. The van der Waals surface area contributed by atoms with Crippen molar-refractivity contribution in [2.24, 2.45) is 16.5 Å². The maximum Gasteiger partial charge on any atom is 0.224 e. The summed E-state index contributed by atoms with van der Waals surface area (Å²) in [6, 6.07) is 9.97. The van der Waals surface area contributed by atoms with Gasteiger partial charge in [-0.1, -0.05) is 13.8 Å². The van der Waals surface area contributed by atoms with Crippen LogP contribution in [0.5, 0.6) is 0 Å². The highest BCUT2D eigenvalue weighted by Crippen LogP contribution is 2.31. The van der Waals surface area contributed by atoms with Gasteiger partial charge in [0.2, 0.25) is 5.91 Å². The van der Waals surface area contributed by atoms with Gasteiger partial charge in [0.05, 0.1) is 0 Å². The van der Waals surface area contributed by atoms with Crippen LogP contribution in [0.4, 0.5) is 17.3 Å². The molecule has 1 saturated heterocycles. The molecule has 1 fully saturated rings. The molecule has 1 aliphatic rings. The quantitative estimate of drug-likeness (QED) is 0.282. The third-order valence-corrected chi connectivity index (χ3v) is 6.45. The van der Waals surface area contributed by atoms with Crippen molar-refractivity contribution in [3.05, 3.63) is 42.1 Å². The number of carbonyl (C=O) groups is 1. The first-order chi connectivity index (χ1) is 16.3. The number of benzene rings is 1. The van der Waals surface area contributed by atoms with Crippen molar-refractivity contribution in [2.75, 3.05) is 36.9 Å². The summed E-state index contributed by atoms with van der Waals surface area (Å²) in [5.41, 5.74) is 13.1. The first-order valence-electron chi connectivity index (χ1n) is 11.5. The first kappa shape index (κ1) is 25.5. The van der Waals surface area contributed by atoms with Gasteiger partial charge in [-0.05, 0) is 69.0 Å². The van der Waals surface area contributed by atoms with Crippen LogP contribution in [0.25, 0.3) is 0 Å². The predicted molar refractivity (Wildman–Crippen MR) is 140 cm³/mol. The second-order valence-corrected chi connectivity index (χ2v) is 9.32. The molecule has 0 unspecified atom stereocenters. The Bertz CT molecular complexity index is 1050. The van der Waals surface area contributed by atoms with Crippen LogP contribution in [0.2, 0.25) is 0 Å². The van der Waals surface area contributed by atoms with E-state index in [2.05, 4.69) is 39.1 Å². The van der Waals surface area contributed by atoms with Gasteiger partial charge in [-0.3, -0.25) is 4.79 Å². The van der Waals surface area contributed by atoms with Crippen LogP contribution < -0.4 is 21.7 Å². The van der Waals surface area contributed by atoms with Crippen molar-refractivity contribution >= 4 is 40.8 Å². The molecule has 2 aromatic rings. The zero-order valence-electron chi connectivity index (χ0n) is 20.3. The van der Waals surface area contributed by atoms with Crippen LogP contribution in [-0.2, 0) is 4.79 Å². The lowest BCUT2D eigenvalue weighted by atomic mass is 10.2. The van der Waals surface area contributed by atoms with Gasteiger partial charge in [-0.25, -0.2) is 15.0 Å². The number of hydrogen-bond acceptors (Lipinski definition) is 8. The monoisotopic (exact) mass is 482 g/mol. The van der Waals surface area contributed by atoms with Crippen LogP contribution in [0.15, 0.2) is 57.1 Å². The third kappa shape index (κ3) is 7.19. The van der Waals surface area contributed by atoms with Crippen molar-refractivity contribution in [1.82, 2.24) is 14.9 Å². The number of amides is 1. The van der Waals surface area contributed by atoms with E-state index >= 15 is 0 Å². The molecule has 1 amide bonds. The summed E-state index contributed by atoms with van der Waals surface area (Å²) in [6.07, 6.45) is 3.13. The number of nitrogens with two attached hydrogens (primary N) is 2. The molecule has 1 aromatic carbocycles. The van der Waals surface area contributed by atoms with E-state index in [1.54, 1.807) is 13.0 Å². The molecule has 2 heterocycles. The Morgan fingerprint density at radius 1 is 1.29 bits per heavy atom. The van der Waals surface area contributed by atoms with Crippen LogP contribution in [0.1, 0.15) is 33.6 Å². The summed E-state index contributed by atoms with van der Waals surface area (Å²) in [6.45, 7) is 8.58. The summed E-state index contributed by atoms with van der Waals surface area (Å²) in [5.74, 6) is 1.59. The highest BCUT2D eigenvalue weighted by Gasteiger charge is 2.26. The minimum absolute atomic E-state index is 0.0177. The van der Waals surface area contributed by atoms with Crippen LogP contribution in [0, 0.1) is 0 Å². The Balaban J connectivity index is 1.87. The number of amidine groups is 1. The van der Waals surface area contributed by atoms with E-state index < -0.39 is 0 Å². The van der Waals surface area contributed by atoms with E-state index in [0.717, 1.165) is 42.5 Å². The molecule has 0 saturated carbocycles.